The average Bonchev–Trinajstić information content (AvgIpc) is 2.29. The molecule has 1 aromatic carbocycles. The van der Waals surface area contributed by atoms with Crippen molar-refractivity contribution in [3.8, 4) is 0 Å². The van der Waals surface area contributed by atoms with Crippen molar-refractivity contribution in [1.29, 1.82) is 0 Å². The Morgan fingerprint density at radius 3 is 2.61 bits per heavy atom. The van der Waals surface area contributed by atoms with E-state index in [0.29, 0.717) is 15.7 Å². The van der Waals surface area contributed by atoms with Crippen LogP contribution < -0.4 is 11.1 Å². The number of aliphatic hydroxyl groups is 1. The zero-order valence-electron chi connectivity index (χ0n) is 9.61. The summed E-state index contributed by atoms with van der Waals surface area (Å²) < 4.78 is 0.570. The van der Waals surface area contributed by atoms with Crippen molar-refractivity contribution in [3.63, 3.8) is 0 Å². The van der Waals surface area contributed by atoms with E-state index in [2.05, 4.69) is 21.2 Å². The smallest absolute Gasteiger partial charge is 0.337 e. The second kappa shape index (κ2) is 5.36. The Morgan fingerprint density at radius 1 is 1.50 bits per heavy atom. The normalized spacial score (nSPS) is 13.7. The van der Waals surface area contributed by atoms with Gasteiger partial charge in [-0.2, -0.15) is 0 Å². The molecule has 0 spiro atoms. The summed E-state index contributed by atoms with van der Waals surface area (Å²) in [5.41, 5.74) is 4.38. The third kappa shape index (κ3) is 3.44. The number of anilines is 1. The fraction of sp³-hybridized carbons (Fsp3) is 0.273. The van der Waals surface area contributed by atoms with E-state index in [1.807, 2.05) is 0 Å². The molecule has 0 saturated heterocycles. The van der Waals surface area contributed by atoms with Gasteiger partial charge in [0, 0.05) is 15.7 Å². The second-order valence-corrected chi connectivity index (χ2v) is 4.85. The van der Waals surface area contributed by atoms with E-state index in [0.717, 1.165) is 6.92 Å². The molecule has 98 valence electrons. The number of benzene rings is 1. The van der Waals surface area contributed by atoms with Crippen LogP contribution in [0.1, 0.15) is 17.3 Å². The van der Waals surface area contributed by atoms with Gasteiger partial charge in [0.25, 0.3) is 5.91 Å². The third-order valence-corrected chi connectivity index (χ3v) is 3.00. The van der Waals surface area contributed by atoms with Gasteiger partial charge in [0.1, 0.15) is 0 Å². The highest BCUT2D eigenvalue weighted by Crippen LogP contribution is 2.20. The van der Waals surface area contributed by atoms with Crippen LogP contribution in [0.25, 0.3) is 0 Å². The lowest BCUT2D eigenvalue weighted by Crippen LogP contribution is -2.46. The monoisotopic (exact) mass is 316 g/mol. The second-order valence-electron chi connectivity index (χ2n) is 4.00. The maximum Gasteiger partial charge on any atom is 0.337 e. The van der Waals surface area contributed by atoms with Gasteiger partial charge in [0.2, 0.25) is 0 Å². The number of amides is 1. The van der Waals surface area contributed by atoms with E-state index < -0.39 is 17.5 Å². The number of carbonyl (C=O) groups is 2. The molecule has 1 rings (SSSR count). The predicted octanol–water partition coefficient (Wildman–Crippen LogP) is 0.597. The number of nitrogen functional groups attached to an aromatic ring is 1. The van der Waals surface area contributed by atoms with Crippen LogP contribution in [0.5, 0.6) is 0 Å². The maximum atomic E-state index is 11.7. The largest absolute Gasteiger partial charge is 0.479 e. The summed E-state index contributed by atoms with van der Waals surface area (Å²) in [4.78, 5) is 22.3. The molecule has 0 heterocycles. The number of rotatable bonds is 4. The molecule has 1 unspecified atom stereocenters. The van der Waals surface area contributed by atoms with Gasteiger partial charge in [-0.25, -0.2) is 4.79 Å². The minimum Gasteiger partial charge on any atom is -0.479 e. The van der Waals surface area contributed by atoms with Crippen LogP contribution in [0.3, 0.4) is 0 Å². The average molecular weight is 317 g/mol. The molecule has 0 bridgehead atoms. The minimum atomic E-state index is -2.00. The van der Waals surface area contributed by atoms with E-state index >= 15 is 0 Å². The zero-order valence-corrected chi connectivity index (χ0v) is 11.2. The van der Waals surface area contributed by atoms with Crippen molar-refractivity contribution in [1.82, 2.24) is 5.32 Å². The zero-order chi connectivity index (χ0) is 13.9. The van der Waals surface area contributed by atoms with Gasteiger partial charge in [-0.05, 0) is 41.1 Å². The SMILES string of the molecule is CC(O)(CNC(=O)c1ccc(N)c(Br)c1)C(=O)O. The Balaban J connectivity index is 2.72. The van der Waals surface area contributed by atoms with Crippen molar-refractivity contribution in [2.75, 3.05) is 12.3 Å². The Kier molecular flexibility index (Phi) is 4.31. The lowest BCUT2D eigenvalue weighted by atomic mass is 10.1. The molecule has 0 aliphatic carbocycles. The number of hydrogen-bond acceptors (Lipinski definition) is 4. The topological polar surface area (TPSA) is 113 Å². The summed E-state index contributed by atoms with van der Waals surface area (Å²) >= 11 is 3.18. The highest BCUT2D eigenvalue weighted by atomic mass is 79.9. The fourth-order valence-corrected chi connectivity index (χ4v) is 1.48. The Bertz CT molecular complexity index is 488. The van der Waals surface area contributed by atoms with E-state index in [1.165, 1.54) is 12.1 Å². The molecule has 5 N–H and O–H groups in total. The fourth-order valence-electron chi connectivity index (χ4n) is 1.10. The summed E-state index contributed by atoms with van der Waals surface area (Å²) in [5, 5.41) is 20.5. The first-order valence-corrected chi connectivity index (χ1v) is 5.82. The first-order valence-electron chi connectivity index (χ1n) is 5.03. The van der Waals surface area contributed by atoms with Gasteiger partial charge in [-0.1, -0.05) is 0 Å². The Hall–Kier alpha value is -1.60. The van der Waals surface area contributed by atoms with Gasteiger partial charge < -0.3 is 21.3 Å². The van der Waals surface area contributed by atoms with E-state index in [9.17, 15) is 14.7 Å². The third-order valence-electron chi connectivity index (χ3n) is 2.32. The van der Waals surface area contributed by atoms with E-state index in [1.54, 1.807) is 6.07 Å². The molecule has 0 radical (unpaired) electrons. The number of aliphatic carboxylic acids is 1. The molecule has 7 heteroatoms. The lowest BCUT2D eigenvalue weighted by Gasteiger charge is -2.18. The number of halogens is 1. The van der Waals surface area contributed by atoms with Crippen molar-refractivity contribution in [2.45, 2.75) is 12.5 Å². The molecule has 1 aromatic rings. The molecule has 0 saturated carbocycles. The number of nitrogens with two attached hydrogens (primary N) is 1. The molecule has 1 atom stereocenters. The molecule has 0 aliphatic rings. The molecule has 1 amide bonds. The van der Waals surface area contributed by atoms with Crippen molar-refractivity contribution >= 4 is 33.5 Å². The van der Waals surface area contributed by atoms with Gasteiger partial charge in [0.05, 0.1) is 6.54 Å². The number of nitrogens with one attached hydrogen (secondary N) is 1. The standard InChI is InChI=1S/C11H13BrN2O4/c1-11(18,10(16)17)5-14-9(15)6-2-3-8(13)7(12)4-6/h2-4,18H,5,13H2,1H3,(H,14,15)(H,16,17). The molecule has 0 aromatic heterocycles. The summed E-state index contributed by atoms with van der Waals surface area (Å²) in [6.45, 7) is 0.720. The molecule has 18 heavy (non-hydrogen) atoms. The van der Waals surface area contributed by atoms with E-state index in [4.69, 9.17) is 10.8 Å². The lowest BCUT2D eigenvalue weighted by molar-refractivity contribution is -0.155. The quantitative estimate of drug-likeness (QED) is 0.607. The van der Waals surface area contributed by atoms with Crippen LogP contribution in [-0.4, -0.2) is 34.2 Å². The van der Waals surface area contributed by atoms with Crippen LogP contribution in [0.4, 0.5) is 5.69 Å². The molecular weight excluding hydrogens is 304 g/mol. The summed E-state index contributed by atoms with van der Waals surface area (Å²) in [6, 6.07) is 4.57. The van der Waals surface area contributed by atoms with Crippen molar-refractivity contribution in [2.24, 2.45) is 0 Å². The van der Waals surface area contributed by atoms with Crippen LogP contribution in [0.15, 0.2) is 22.7 Å². The van der Waals surface area contributed by atoms with Crippen molar-refractivity contribution in [3.05, 3.63) is 28.2 Å². The van der Waals surface area contributed by atoms with Gasteiger partial charge in [-0.15, -0.1) is 0 Å². The first-order chi connectivity index (χ1) is 8.24. The highest BCUT2D eigenvalue weighted by Gasteiger charge is 2.30. The van der Waals surface area contributed by atoms with E-state index in [-0.39, 0.29) is 6.54 Å². The van der Waals surface area contributed by atoms with Crippen LogP contribution >= 0.6 is 15.9 Å². The summed E-state index contributed by atoms with van der Waals surface area (Å²) in [7, 11) is 0. The van der Waals surface area contributed by atoms with Crippen LogP contribution in [-0.2, 0) is 4.79 Å². The van der Waals surface area contributed by atoms with Crippen LogP contribution in [0, 0.1) is 0 Å². The summed E-state index contributed by atoms with van der Waals surface area (Å²) in [5.74, 6) is -1.89. The highest BCUT2D eigenvalue weighted by molar-refractivity contribution is 9.10. The van der Waals surface area contributed by atoms with Gasteiger partial charge >= 0.3 is 5.97 Å². The Labute approximate surface area is 112 Å². The first kappa shape index (κ1) is 14.5. The van der Waals surface area contributed by atoms with Crippen molar-refractivity contribution < 1.29 is 19.8 Å². The van der Waals surface area contributed by atoms with Gasteiger partial charge in [0.15, 0.2) is 5.60 Å². The number of carboxylic acids is 1. The molecule has 0 fully saturated rings. The number of carbonyl (C=O) groups excluding carboxylic acids is 1. The number of hydrogen-bond donors (Lipinski definition) is 4. The molecular formula is C11H13BrN2O4. The predicted molar refractivity (Wildman–Crippen MR) is 69.1 cm³/mol. The maximum absolute atomic E-state index is 11.7. The van der Waals surface area contributed by atoms with Crippen LogP contribution in [0.2, 0.25) is 0 Å². The van der Waals surface area contributed by atoms with Gasteiger partial charge in [-0.3, -0.25) is 4.79 Å². The Morgan fingerprint density at radius 2 is 2.11 bits per heavy atom. The number of carboxylic acid groups (broad SMARTS) is 1. The summed E-state index contributed by atoms with van der Waals surface area (Å²) in [6.07, 6.45) is 0. The molecule has 6 nitrogen and oxygen atoms in total. The molecule has 0 aliphatic heterocycles. The minimum absolute atomic E-state index is 0.317.